The van der Waals surface area contributed by atoms with Crippen LogP contribution in [0, 0.1) is 17.3 Å². The zero-order valence-corrected chi connectivity index (χ0v) is 9.10. The van der Waals surface area contributed by atoms with Gasteiger partial charge in [-0.05, 0) is 49.6 Å². The van der Waals surface area contributed by atoms with Crippen molar-refractivity contribution in [2.24, 2.45) is 17.3 Å². The molecule has 2 aliphatic rings. The van der Waals surface area contributed by atoms with Gasteiger partial charge < -0.3 is 5.32 Å². The van der Waals surface area contributed by atoms with Crippen LogP contribution in [0.25, 0.3) is 0 Å². The van der Waals surface area contributed by atoms with E-state index in [2.05, 4.69) is 19.2 Å². The first kappa shape index (κ1) is 9.51. The van der Waals surface area contributed by atoms with E-state index in [1.165, 1.54) is 45.2 Å². The predicted octanol–water partition coefficient (Wildman–Crippen LogP) is 2.81. The fourth-order valence-corrected chi connectivity index (χ4v) is 3.64. The summed E-state index contributed by atoms with van der Waals surface area (Å²) in [5.41, 5.74) is 0.712. The summed E-state index contributed by atoms with van der Waals surface area (Å²) in [6.45, 7) is 7.42. The van der Waals surface area contributed by atoms with Gasteiger partial charge in [-0.2, -0.15) is 0 Å². The highest BCUT2D eigenvalue weighted by atomic mass is 14.9. The Kier molecular flexibility index (Phi) is 2.64. The Hall–Kier alpha value is -0.0400. The second-order valence-corrected chi connectivity index (χ2v) is 5.28. The van der Waals surface area contributed by atoms with Crippen molar-refractivity contribution >= 4 is 0 Å². The fourth-order valence-electron chi connectivity index (χ4n) is 3.64. The molecule has 0 aromatic carbocycles. The topological polar surface area (TPSA) is 12.0 Å². The number of hydrogen-bond donors (Lipinski definition) is 1. The number of rotatable bonds is 2. The molecule has 1 aliphatic carbocycles. The molecule has 0 aromatic heterocycles. The van der Waals surface area contributed by atoms with Crippen molar-refractivity contribution in [2.75, 3.05) is 13.1 Å². The molecule has 1 N–H and O–H groups in total. The molecule has 1 saturated carbocycles. The SMILES string of the molecule is CC(C)C1(C2CCNC2)CCCC1. The molecular formula is C12H23N. The van der Waals surface area contributed by atoms with E-state index in [0.29, 0.717) is 5.41 Å². The zero-order chi connectivity index (χ0) is 9.31. The highest BCUT2D eigenvalue weighted by molar-refractivity contribution is 4.95. The van der Waals surface area contributed by atoms with Crippen molar-refractivity contribution < 1.29 is 0 Å². The molecule has 2 rings (SSSR count). The van der Waals surface area contributed by atoms with Gasteiger partial charge >= 0.3 is 0 Å². The van der Waals surface area contributed by atoms with E-state index < -0.39 is 0 Å². The van der Waals surface area contributed by atoms with Gasteiger partial charge in [-0.1, -0.05) is 26.7 Å². The molecule has 0 spiro atoms. The largest absolute Gasteiger partial charge is 0.316 e. The molecule has 1 nitrogen and oxygen atoms in total. The Labute approximate surface area is 82.3 Å². The second-order valence-electron chi connectivity index (χ2n) is 5.28. The van der Waals surface area contributed by atoms with Crippen LogP contribution in [0.2, 0.25) is 0 Å². The van der Waals surface area contributed by atoms with Crippen LogP contribution in [0.3, 0.4) is 0 Å². The molecule has 1 atom stereocenters. The van der Waals surface area contributed by atoms with Crippen molar-refractivity contribution in [3.63, 3.8) is 0 Å². The van der Waals surface area contributed by atoms with Crippen molar-refractivity contribution in [3.05, 3.63) is 0 Å². The van der Waals surface area contributed by atoms with Crippen molar-refractivity contribution in [3.8, 4) is 0 Å². The maximum Gasteiger partial charge on any atom is -0.00146 e. The number of hydrogen-bond acceptors (Lipinski definition) is 1. The molecule has 13 heavy (non-hydrogen) atoms. The first-order valence-electron chi connectivity index (χ1n) is 5.96. The normalized spacial score (nSPS) is 33.0. The van der Waals surface area contributed by atoms with Gasteiger partial charge in [0, 0.05) is 0 Å². The minimum absolute atomic E-state index is 0.712. The van der Waals surface area contributed by atoms with Crippen LogP contribution in [0.1, 0.15) is 46.0 Å². The molecular weight excluding hydrogens is 158 g/mol. The third-order valence-electron chi connectivity index (χ3n) is 4.56. The smallest absolute Gasteiger partial charge is 0.00146 e. The summed E-state index contributed by atoms with van der Waals surface area (Å²) in [6, 6.07) is 0. The Bertz CT molecular complexity index is 162. The van der Waals surface area contributed by atoms with Gasteiger partial charge in [0.2, 0.25) is 0 Å². The first-order chi connectivity index (χ1) is 6.26. The van der Waals surface area contributed by atoms with Crippen LogP contribution < -0.4 is 5.32 Å². The minimum Gasteiger partial charge on any atom is -0.316 e. The standard InChI is InChI=1S/C12H23N/c1-10(2)12(6-3-4-7-12)11-5-8-13-9-11/h10-11,13H,3-9H2,1-2H3. The van der Waals surface area contributed by atoms with Gasteiger partial charge in [0.05, 0.1) is 0 Å². The molecule has 0 amide bonds. The van der Waals surface area contributed by atoms with Gasteiger partial charge in [0.1, 0.15) is 0 Å². The lowest BCUT2D eigenvalue weighted by Crippen LogP contribution is -2.34. The molecule has 1 heterocycles. The molecule has 76 valence electrons. The van der Waals surface area contributed by atoms with Gasteiger partial charge in [-0.3, -0.25) is 0 Å². The lowest BCUT2D eigenvalue weighted by atomic mass is 9.66. The third kappa shape index (κ3) is 1.52. The van der Waals surface area contributed by atoms with E-state index in [-0.39, 0.29) is 0 Å². The molecule has 1 unspecified atom stereocenters. The summed E-state index contributed by atoms with van der Waals surface area (Å²) in [4.78, 5) is 0. The molecule has 0 aromatic rings. The van der Waals surface area contributed by atoms with E-state index in [9.17, 15) is 0 Å². The van der Waals surface area contributed by atoms with E-state index in [1.54, 1.807) is 0 Å². The first-order valence-corrected chi connectivity index (χ1v) is 5.96. The summed E-state index contributed by atoms with van der Waals surface area (Å²) >= 11 is 0. The molecule has 0 radical (unpaired) electrons. The van der Waals surface area contributed by atoms with Gasteiger partial charge in [-0.25, -0.2) is 0 Å². The highest BCUT2D eigenvalue weighted by Gasteiger charge is 2.44. The quantitative estimate of drug-likeness (QED) is 0.690. The van der Waals surface area contributed by atoms with Crippen LogP contribution in [0.5, 0.6) is 0 Å². The Morgan fingerprint density at radius 3 is 2.38 bits per heavy atom. The minimum atomic E-state index is 0.712. The van der Waals surface area contributed by atoms with Crippen molar-refractivity contribution in [1.29, 1.82) is 0 Å². The molecule has 2 fully saturated rings. The molecule has 0 bridgehead atoms. The van der Waals surface area contributed by atoms with Crippen LogP contribution in [-0.4, -0.2) is 13.1 Å². The van der Waals surface area contributed by atoms with E-state index in [1.807, 2.05) is 0 Å². The summed E-state index contributed by atoms with van der Waals surface area (Å²) in [6.07, 6.45) is 7.38. The Morgan fingerprint density at radius 2 is 1.92 bits per heavy atom. The molecule has 1 aliphatic heterocycles. The number of nitrogens with one attached hydrogen (secondary N) is 1. The van der Waals surface area contributed by atoms with Crippen molar-refractivity contribution in [1.82, 2.24) is 5.32 Å². The van der Waals surface area contributed by atoms with Crippen LogP contribution >= 0.6 is 0 Å². The molecule has 1 saturated heterocycles. The lowest BCUT2D eigenvalue weighted by Gasteiger charge is -2.39. The maximum atomic E-state index is 3.53. The highest BCUT2D eigenvalue weighted by Crippen LogP contribution is 2.51. The second kappa shape index (κ2) is 3.61. The zero-order valence-electron chi connectivity index (χ0n) is 9.10. The van der Waals surface area contributed by atoms with Crippen molar-refractivity contribution in [2.45, 2.75) is 46.0 Å². The van der Waals surface area contributed by atoms with E-state index in [4.69, 9.17) is 0 Å². The Balaban J connectivity index is 2.11. The molecule has 1 heteroatoms. The average Bonchev–Trinajstić information content (AvgIpc) is 2.75. The van der Waals surface area contributed by atoms with E-state index in [0.717, 1.165) is 11.8 Å². The van der Waals surface area contributed by atoms with Crippen LogP contribution in [-0.2, 0) is 0 Å². The van der Waals surface area contributed by atoms with Crippen LogP contribution in [0.4, 0.5) is 0 Å². The van der Waals surface area contributed by atoms with Gasteiger partial charge in [0.25, 0.3) is 0 Å². The fraction of sp³-hybridized carbons (Fsp3) is 1.00. The summed E-state index contributed by atoms with van der Waals surface area (Å²) in [5.74, 6) is 1.87. The third-order valence-corrected chi connectivity index (χ3v) is 4.56. The summed E-state index contributed by atoms with van der Waals surface area (Å²) < 4.78 is 0. The van der Waals surface area contributed by atoms with Crippen LogP contribution in [0.15, 0.2) is 0 Å². The summed E-state index contributed by atoms with van der Waals surface area (Å²) in [7, 11) is 0. The maximum absolute atomic E-state index is 3.53. The predicted molar refractivity (Wildman–Crippen MR) is 56.7 cm³/mol. The monoisotopic (exact) mass is 181 g/mol. The Morgan fingerprint density at radius 1 is 1.23 bits per heavy atom. The van der Waals surface area contributed by atoms with Gasteiger partial charge in [0.15, 0.2) is 0 Å². The van der Waals surface area contributed by atoms with Gasteiger partial charge in [-0.15, -0.1) is 0 Å². The summed E-state index contributed by atoms with van der Waals surface area (Å²) in [5, 5.41) is 3.53. The lowest BCUT2D eigenvalue weighted by molar-refractivity contribution is 0.109. The van der Waals surface area contributed by atoms with E-state index >= 15 is 0 Å². The average molecular weight is 181 g/mol.